The van der Waals surface area contributed by atoms with Gasteiger partial charge in [0.15, 0.2) is 5.49 Å². The molecule has 0 bridgehead atoms. The molecule has 0 spiro atoms. The molecule has 0 saturated carbocycles. The molecule has 0 amide bonds. The van der Waals surface area contributed by atoms with E-state index in [0.29, 0.717) is 18.5 Å². The number of aromatic nitrogens is 2. The van der Waals surface area contributed by atoms with Crippen molar-refractivity contribution >= 4 is 23.3 Å². The summed E-state index contributed by atoms with van der Waals surface area (Å²) >= 11 is 0. The highest BCUT2D eigenvalue weighted by atomic mass is 19.1. The minimum atomic E-state index is -0.507. The van der Waals surface area contributed by atoms with Crippen molar-refractivity contribution in [1.29, 1.82) is 0 Å². The number of benzene rings is 1. The van der Waals surface area contributed by atoms with Crippen LogP contribution in [0.3, 0.4) is 0 Å². The summed E-state index contributed by atoms with van der Waals surface area (Å²) in [6.07, 6.45) is 11.2. The Morgan fingerprint density at radius 1 is 1.40 bits per heavy atom. The second-order valence-electron chi connectivity index (χ2n) is 5.66. The molecule has 1 heterocycles. The van der Waals surface area contributed by atoms with Gasteiger partial charge >= 0.3 is 0 Å². The number of allylic oxidation sites excluding steroid dienone is 5. The van der Waals surface area contributed by atoms with Gasteiger partial charge in [-0.25, -0.2) is 13.9 Å². The molecule has 0 saturated heterocycles. The Morgan fingerprint density at radius 2 is 2.24 bits per heavy atom. The molecule has 6 nitrogen and oxygen atoms in total. The number of likely N-dealkylation sites (N-methyl/N-ethyl adjacent to an activating group) is 1. The van der Waals surface area contributed by atoms with Gasteiger partial charge in [-0.2, -0.15) is 5.10 Å². The van der Waals surface area contributed by atoms with E-state index in [-0.39, 0.29) is 16.8 Å². The van der Waals surface area contributed by atoms with Crippen LogP contribution in [0.2, 0.25) is 0 Å². The number of carbonyl (C=O) groups is 1. The predicted octanol–water partition coefficient (Wildman–Crippen LogP) is 1.99. The van der Waals surface area contributed by atoms with E-state index in [4.69, 9.17) is 5.73 Å². The maximum atomic E-state index is 14.3. The standard InChI is InChI=1S/C18H18FN5O/c1-23(11-13-7-4-2-3-5-8-13)22-17-16-14(19)9-6-10-15(16)21-18(20)24(17)12-25/h2-7,9-10,12H,8,11H2,1H3,(H2,20,21)/b22-17-. The summed E-state index contributed by atoms with van der Waals surface area (Å²) in [5, 5.41) is 6.23. The lowest BCUT2D eigenvalue weighted by atomic mass is 10.2. The highest BCUT2D eigenvalue weighted by Crippen LogP contribution is 2.13. The third-order valence-corrected chi connectivity index (χ3v) is 3.80. The first-order valence-corrected chi connectivity index (χ1v) is 7.78. The lowest BCUT2D eigenvalue weighted by Gasteiger charge is -2.16. The monoisotopic (exact) mass is 339 g/mol. The van der Waals surface area contributed by atoms with E-state index in [1.54, 1.807) is 18.1 Å². The van der Waals surface area contributed by atoms with Gasteiger partial charge in [0.1, 0.15) is 5.82 Å². The van der Waals surface area contributed by atoms with Gasteiger partial charge < -0.3 is 5.73 Å². The van der Waals surface area contributed by atoms with E-state index < -0.39 is 5.82 Å². The zero-order chi connectivity index (χ0) is 17.8. The van der Waals surface area contributed by atoms with E-state index in [9.17, 15) is 9.18 Å². The van der Waals surface area contributed by atoms with Crippen LogP contribution in [0.5, 0.6) is 0 Å². The van der Waals surface area contributed by atoms with Crippen molar-refractivity contribution in [2.45, 2.75) is 6.42 Å². The minimum Gasteiger partial charge on any atom is -0.369 e. The maximum absolute atomic E-state index is 14.3. The van der Waals surface area contributed by atoms with E-state index >= 15 is 0 Å². The van der Waals surface area contributed by atoms with Gasteiger partial charge in [-0.05, 0) is 24.1 Å². The van der Waals surface area contributed by atoms with Gasteiger partial charge in [-0.15, -0.1) is 0 Å². The molecule has 0 unspecified atom stereocenters. The summed E-state index contributed by atoms with van der Waals surface area (Å²) in [4.78, 5) is 15.5. The Balaban J connectivity index is 2.11. The first-order chi connectivity index (χ1) is 12.1. The van der Waals surface area contributed by atoms with Crippen molar-refractivity contribution in [2.75, 3.05) is 19.3 Å². The molecular weight excluding hydrogens is 321 g/mol. The quantitative estimate of drug-likeness (QED) is 0.683. The van der Waals surface area contributed by atoms with Crippen LogP contribution in [-0.2, 0) is 4.79 Å². The van der Waals surface area contributed by atoms with Crippen LogP contribution in [0.25, 0.3) is 10.9 Å². The number of rotatable bonds is 4. The number of nitrogens with two attached hydrogens (primary N) is 1. The Bertz CT molecular complexity index is 971. The zero-order valence-corrected chi connectivity index (χ0v) is 13.8. The van der Waals surface area contributed by atoms with E-state index in [1.807, 2.05) is 30.4 Å². The topological polar surface area (TPSA) is 76.5 Å². The van der Waals surface area contributed by atoms with Crippen LogP contribution in [0.15, 0.2) is 59.3 Å². The number of fused-ring (bicyclic) bond motifs is 1. The van der Waals surface area contributed by atoms with Gasteiger partial charge in [0.25, 0.3) is 0 Å². The van der Waals surface area contributed by atoms with Crippen molar-refractivity contribution < 1.29 is 9.18 Å². The Hall–Kier alpha value is -3.22. The second-order valence-corrected chi connectivity index (χ2v) is 5.66. The number of nitrogens with zero attached hydrogens (tertiary/aromatic N) is 4. The molecule has 1 aliphatic carbocycles. The molecule has 1 aromatic carbocycles. The second kappa shape index (κ2) is 7.12. The number of carbonyl (C=O) groups excluding carboxylic acids is 1. The molecule has 0 aliphatic heterocycles. The summed E-state index contributed by atoms with van der Waals surface area (Å²) in [5.74, 6) is -0.549. The average molecular weight is 339 g/mol. The first-order valence-electron chi connectivity index (χ1n) is 7.78. The Labute approximate surface area is 144 Å². The third kappa shape index (κ3) is 3.50. The number of nitrogen functional groups attached to an aromatic ring is 1. The molecular formula is C18H18FN5O. The molecule has 2 N–H and O–H groups in total. The minimum absolute atomic E-state index is 0.0419. The van der Waals surface area contributed by atoms with Crippen molar-refractivity contribution in [2.24, 2.45) is 5.10 Å². The fraction of sp³-hybridized carbons (Fsp3) is 0.167. The molecule has 3 rings (SSSR count). The fourth-order valence-corrected chi connectivity index (χ4v) is 2.67. The maximum Gasteiger partial charge on any atom is 0.222 e. The zero-order valence-electron chi connectivity index (χ0n) is 13.8. The first kappa shape index (κ1) is 16.6. The van der Waals surface area contributed by atoms with Crippen LogP contribution in [0, 0.1) is 5.82 Å². The summed E-state index contributed by atoms with van der Waals surface area (Å²) in [7, 11) is 1.76. The molecule has 0 radical (unpaired) electrons. The molecule has 25 heavy (non-hydrogen) atoms. The van der Waals surface area contributed by atoms with Crippen LogP contribution in [0.4, 0.5) is 10.3 Å². The molecule has 2 aromatic rings. The lowest BCUT2D eigenvalue weighted by molar-refractivity contribution is 0.365. The Kier molecular flexibility index (Phi) is 4.74. The highest BCUT2D eigenvalue weighted by molar-refractivity contribution is 5.81. The van der Waals surface area contributed by atoms with Crippen LogP contribution in [0.1, 0.15) is 6.42 Å². The van der Waals surface area contributed by atoms with Crippen LogP contribution in [-0.4, -0.2) is 34.6 Å². The molecule has 0 fully saturated rings. The normalized spacial score (nSPS) is 14.5. The van der Waals surface area contributed by atoms with Crippen LogP contribution < -0.4 is 11.2 Å². The average Bonchev–Trinajstić information content (AvgIpc) is 2.83. The van der Waals surface area contributed by atoms with Gasteiger partial charge in [0, 0.05) is 7.05 Å². The van der Waals surface area contributed by atoms with E-state index in [2.05, 4.69) is 10.1 Å². The van der Waals surface area contributed by atoms with Gasteiger partial charge in [0.05, 0.1) is 17.4 Å². The number of anilines is 1. The summed E-state index contributed by atoms with van der Waals surface area (Å²) in [5.41, 5.74) is 7.43. The summed E-state index contributed by atoms with van der Waals surface area (Å²) < 4.78 is 15.4. The molecule has 1 aromatic heterocycles. The Morgan fingerprint density at radius 3 is 3.04 bits per heavy atom. The predicted molar refractivity (Wildman–Crippen MR) is 95.4 cm³/mol. The molecule has 7 heteroatoms. The number of hydrogen-bond donors (Lipinski definition) is 1. The highest BCUT2D eigenvalue weighted by Gasteiger charge is 2.12. The largest absolute Gasteiger partial charge is 0.369 e. The SMILES string of the molecule is CN(CC1=CC=CC=CC1)/N=c1/c2c(F)cccc2nc(N)n1C=O. The number of halogens is 1. The smallest absolute Gasteiger partial charge is 0.222 e. The van der Waals surface area contributed by atoms with Crippen molar-refractivity contribution in [3.8, 4) is 0 Å². The van der Waals surface area contributed by atoms with Gasteiger partial charge in [0.2, 0.25) is 12.4 Å². The third-order valence-electron chi connectivity index (χ3n) is 3.80. The van der Waals surface area contributed by atoms with Crippen LogP contribution >= 0.6 is 0 Å². The van der Waals surface area contributed by atoms with Crippen molar-refractivity contribution in [1.82, 2.24) is 14.6 Å². The molecule has 0 atom stereocenters. The van der Waals surface area contributed by atoms with E-state index in [1.165, 1.54) is 12.1 Å². The molecule has 1 aliphatic rings. The lowest BCUT2D eigenvalue weighted by Crippen LogP contribution is -2.30. The molecule has 128 valence electrons. The fourth-order valence-electron chi connectivity index (χ4n) is 2.67. The number of hydrogen-bond acceptors (Lipinski definition) is 5. The van der Waals surface area contributed by atoms with Gasteiger partial charge in [-0.3, -0.25) is 9.80 Å². The summed E-state index contributed by atoms with van der Waals surface area (Å²) in [6, 6.07) is 4.47. The van der Waals surface area contributed by atoms with Gasteiger partial charge in [-0.1, -0.05) is 36.4 Å². The van der Waals surface area contributed by atoms with Crippen molar-refractivity contribution in [3.05, 3.63) is 65.5 Å². The van der Waals surface area contributed by atoms with E-state index in [0.717, 1.165) is 16.6 Å². The van der Waals surface area contributed by atoms with Crippen molar-refractivity contribution in [3.63, 3.8) is 0 Å². The summed E-state index contributed by atoms with van der Waals surface area (Å²) in [6.45, 7) is 0.533.